The number of hydrogen-bond acceptors (Lipinski definition) is 3. The van der Waals surface area contributed by atoms with Crippen molar-refractivity contribution in [1.29, 1.82) is 0 Å². The third-order valence-corrected chi connectivity index (χ3v) is 3.67. The van der Waals surface area contributed by atoms with Crippen molar-refractivity contribution in [3.8, 4) is 0 Å². The van der Waals surface area contributed by atoms with Crippen molar-refractivity contribution in [3.63, 3.8) is 0 Å². The van der Waals surface area contributed by atoms with Crippen LogP contribution in [0.4, 0.5) is 5.69 Å². The van der Waals surface area contributed by atoms with E-state index < -0.39 is 3.79 Å². The molecule has 0 unspecified atom stereocenters. The molecule has 0 amide bonds. The minimum atomic E-state index is -1.54. The Morgan fingerprint density at radius 3 is 2.62 bits per heavy atom. The summed E-state index contributed by atoms with van der Waals surface area (Å²) in [7, 11) is 1.79. The average molecular weight is 316 g/mol. The lowest BCUT2D eigenvalue weighted by Gasteiger charge is -2.28. The molecule has 0 saturated carbocycles. The fourth-order valence-corrected chi connectivity index (χ4v) is 2.98. The molecule has 0 radical (unpaired) electrons. The lowest BCUT2D eigenvalue weighted by atomic mass is 10.3. The number of hydrogen-bond donors (Lipinski definition) is 0. The summed E-state index contributed by atoms with van der Waals surface area (Å²) in [6, 6.07) is 5.43. The Kier molecular flexibility index (Phi) is 3.53. The highest BCUT2D eigenvalue weighted by Crippen LogP contribution is 2.42. The maximum atomic E-state index is 5.88. The van der Waals surface area contributed by atoms with Crippen LogP contribution in [0.2, 0.25) is 5.02 Å². The second-order valence-electron chi connectivity index (χ2n) is 3.13. The van der Waals surface area contributed by atoms with Crippen molar-refractivity contribution in [1.82, 2.24) is 4.31 Å². The first-order valence-corrected chi connectivity index (χ1v) is 6.53. The highest BCUT2D eigenvalue weighted by molar-refractivity contribution is 7.97. The number of halogens is 4. The van der Waals surface area contributed by atoms with E-state index in [-0.39, 0.29) is 0 Å². The topological polar surface area (TPSA) is 15.6 Å². The van der Waals surface area contributed by atoms with Crippen LogP contribution in [-0.2, 0) is 0 Å². The van der Waals surface area contributed by atoms with Gasteiger partial charge in [-0.15, -0.1) is 0 Å². The molecule has 0 fully saturated rings. The molecular formula is C9H6Cl4N2S. The molecular weight excluding hydrogens is 310 g/mol. The predicted octanol–water partition coefficient (Wildman–Crippen LogP) is 4.69. The largest absolute Gasteiger partial charge is 0.299 e. The van der Waals surface area contributed by atoms with Gasteiger partial charge in [0.05, 0.1) is 10.6 Å². The minimum absolute atomic E-state index is 0.372. The summed E-state index contributed by atoms with van der Waals surface area (Å²) < 4.78 is 0.186. The zero-order chi connectivity index (χ0) is 11.9. The number of amidine groups is 1. The molecule has 86 valence electrons. The van der Waals surface area contributed by atoms with Crippen LogP contribution >= 0.6 is 58.4 Å². The minimum Gasteiger partial charge on any atom is -0.299 e. The zero-order valence-corrected chi connectivity index (χ0v) is 11.9. The van der Waals surface area contributed by atoms with Crippen LogP contribution in [0, 0.1) is 0 Å². The number of aliphatic imine (C=N–C) groups is 1. The van der Waals surface area contributed by atoms with Crippen LogP contribution in [0.25, 0.3) is 0 Å². The Balaban J connectivity index is 2.51. The van der Waals surface area contributed by atoms with E-state index in [1.807, 2.05) is 6.07 Å². The fraction of sp³-hybridized carbons (Fsp3) is 0.222. The first-order valence-electron chi connectivity index (χ1n) is 4.25. The maximum Gasteiger partial charge on any atom is 0.248 e. The second-order valence-corrected chi connectivity index (χ2v) is 7.02. The van der Waals surface area contributed by atoms with Crippen LogP contribution in [-0.4, -0.2) is 21.0 Å². The highest BCUT2D eigenvalue weighted by atomic mass is 35.6. The van der Waals surface area contributed by atoms with Gasteiger partial charge in [-0.25, -0.2) is 4.99 Å². The number of rotatable bonds is 0. The average Bonchev–Trinajstić information content (AvgIpc) is 2.16. The molecule has 0 atom stereocenters. The number of fused-ring (bicyclic) bond motifs is 1. The molecule has 1 aromatic carbocycles. The third kappa shape index (κ3) is 2.54. The second kappa shape index (κ2) is 4.46. The fourth-order valence-electron chi connectivity index (χ4n) is 1.27. The maximum absolute atomic E-state index is 5.88. The first-order chi connectivity index (χ1) is 7.38. The summed E-state index contributed by atoms with van der Waals surface area (Å²) in [5.74, 6) is 0.372. The van der Waals surface area contributed by atoms with Crippen molar-refractivity contribution >= 4 is 69.9 Å². The van der Waals surface area contributed by atoms with Gasteiger partial charge in [-0.2, -0.15) is 0 Å². The SMILES string of the molecule is CN1Sc2ccc(Cl)cc2N=C1C(Cl)(Cl)Cl. The molecule has 1 heterocycles. The summed E-state index contributed by atoms with van der Waals surface area (Å²) >= 11 is 24.8. The molecule has 16 heavy (non-hydrogen) atoms. The van der Waals surface area contributed by atoms with Gasteiger partial charge in [0.15, 0.2) is 5.84 Å². The van der Waals surface area contributed by atoms with Gasteiger partial charge in [-0.1, -0.05) is 46.4 Å². The molecule has 0 aliphatic carbocycles. The molecule has 1 aliphatic heterocycles. The van der Waals surface area contributed by atoms with E-state index in [0.29, 0.717) is 10.9 Å². The van der Waals surface area contributed by atoms with Crippen molar-refractivity contribution < 1.29 is 0 Å². The van der Waals surface area contributed by atoms with E-state index in [2.05, 4.69) is 4.99 Å². The smallest absolute Gasteiger partial charge is 0.248 e. The van der Waals surface area contributed by atoms with Crippen molar-refractivity contribution in [2.45, 2.75) is 8.69 Å². The first kappa shape index (κ1) is 12.7. The van der Waals surface area contributed by atoms with E-state index in [1.54, 1.807) is 23.5 Å². The standard InChI is InChI=1S/C9H6Cl4N2S/c1-15-8(9(11,12)13)14-6-4-5(10)2-3-7(6)16-15/h2-4H,1H3. The molecule has 0 aromatic heterocycles. The Morgan fingerprint density at radius 2 is 2.00 bits per heavy atom. The summed E-state index contributed by atoms with van der Waals surface area (Å²) in [6.07, 6.45) is 0. The number of benzene rings is 1. The summed E-state index contributed by atoms with van der Waals surface area (Å²) in [6.45, 7) is 0. The summed E-state index contributed by atoms with van der Waals surface area (Å²) in [4.78, 5) is 5.28. The molecule has 2 nitrogen and oxygen atoms in total. The lowest BCUT2D eigenvalue weighted by Crippen LogP contribution is -2.33. The van der Waals surface area contributed by atoms with Gasteiger partial charge in [0.2, 0.25) is 3.79 Å². The van der Waals surface area contributed by atoms with Crippen LogP contribution in [0.1, 0.15) is 0 Å². The summed E-state index contributed by atoms with van der Waals surface area (Å²) in [5, 5.41) is 0.608. The van der Waals surface area contributed by atoms with Crippen molar-refractivity contribution in [3.05, 3.63) is 23.2 Å². The molecule has 1 aliphatic rings. The molecule has 0 spiro atoms. The third-order valence-electron chi connectivity index (χ3n) is 1.93. The van der Waals surface area contributed by atoms with Gasteiger partial charge in [0.25, 0.3) is 0 Å². The van der Waals surface area contributed by atoms with E-state index in [1.165, 1.54) is 11.9 Å². The van der Waals surface area contributed by atoms with Gasteiger partial charge < -0.3 is 0 Å². The van der Waals surface area contributed by atoms with Crippen molar-refractivity contribution in [2.75, 3.05) is 7.05 Å². The van der Waals surface area contributed by atoms with Gasteiger partial charge in [0.1, 0.15) is 0 Å². The van der Waals surface area contributed by atoms with E-state index in [0.717, 1.165) is 10.6 Å². The summed E-state index contributed by atoms with van der Waals surface area (Å²) in [5.41, 5.74) is 0.719. The molecule has 0 saturated heterocycles. The normalized spacial score (nSPS) is 15.8. The monoisotopic (exact) mass is 314 g/mol. The van der Waals surface area contributed by atoms with Gasteiger partial charge in [0, 0.05) is 12.1 Å². The van der Waals surface area contributed by atoms with E-state index in [9.17, 15) is 0 Å². The van der Waals surface area contributed by atoms with Crippen LogP contribution in [0.15, 0.2) is 28.1 Å². The molecule has 1 aromatic rings. The van der Waals surface area contributed by atoms with Crippen molar-refractivity contribution in [2.24, 2.45) is 4.99 Å². The highest BCUT2D eigenvalue weighted by Gasteiger charge is 2.34. The van der Waals surface area contributed by atoms with Crippen LogP contribution in [0.5, 0.6) is 0 Å². The Labute approximate surface area is 118 Å². The van der Waals surface area contributed by atoms with Gasteiger partial charge in [-0.3, -0.25) is 4.31 Å². The van der Waals surface area contributed by atoms with Gasteiger partial charge in [-0.05, 0) is 30.1 Å². The van der Waals surface area contributed by atoms with Crippen LogP contribution in [0.3, 0.4) is 0 Å². The van der Waals surface area contributed by atoms with E-state index in [4.69, 9.17) is 46.4 Å². The molecule has 0 bridgehead atoms. The lowest BCUT2D eigenvalue weighted by molar-refractivity contribution is 0.813. The molecule has 2 rings (SSSR count). The number of nitrogens with zero attached hydrogens (tertiary/aromatic N) is 2. The Bertz CT molecular complexity index is 455. The Morgan fingerprint density at radius 1 is 1.31 bits per heavy atom. The Hall–Kier alpha value is 0.200. The predicted molar refractivity (Wildman–Crippen MR) is 72.5 cm³/mol. The quantitative estimate of drug-likeness (QED) is 0.509. The number of alkyl halides is 3. The van der Waals surface area contributed by atoms with Crippen LogP contribution < -0.4 is 0 Å². The zero-order valence-electron chi connectivity index (χ0n) is 8.05. The van der Waals surface area contributed by atoms with Gasteiger partial charge >= 0.3 is 0 Å². The molecule has 0 N–H and O–H groups in total. The molecule has 7 heteroatoms. The van der Waals surface area contributed by atoms with E-state index >= 15 is 0 Å².